The maximum absolute atomic E-state index is 10.7. The van der Waals surface area contributed by atoms with E-state index in [9.17, 15) is 4.79 Å². The molecule has 1 aliphatic rings. The van der Waals surface area contributed by atoms with Gasteiger partial charge in [0.1, 0.15) is 0 Å². The average Bonchev–Trinajstić information content (AvgIpc) is 3.01. The zero-order chi connectivity index (χ0) is 10.8. The molecule has 1 amide bonds. The van der Waals surface area contributed by atoms with Crippen LogP contribution in [0.15, 0.2) is 18.3 Å². The lowest BCUT2D eigenvalue weighted by Gasteiger charge is -2.13. The van der Waals surface area contributed by atoms with Crippen LogP contribution in [-0.2, 0) is 9.63 Å². The summed E-state index contributed by atoms with van der Waals surface area (Å²) in [7, 11) is 1.51. The van der Waals surface area contributed by atoms with E-state index < -0.39 is 0 Å². The Bertz CT molecular complexity index is 367. The molecule has 0 bridgehead atoms. The number of nitrogens with zero attached hydrogens (tertiary/aromatic N) is 2. The van der Waals surface area contributed by atoms with Gasteiger partial charge in [-0.2, -0.15) is 0 Å². The summed E-state index contributed by atoms with van der Waals surface area (Å²) in [6.07, 6.45) is 3.47. The predicted molar refractivity (Wildman–Crippen MR) is 55.0 cm³/mol. The number of pyridine rings is 1. The molecule has 0 aromatic carbocycles. The first-order valence-corrected chi connectivity index (χ1v) is 4.97. The minimum atomic E-state index is 0.176. The number of amides is 1. The van der Waals surface area contributed by atoms with Gasteiger partial charge >= 0.3 is 0 Å². The van der Waals surface area contributed by atoms with E-state index in [0.29, 0.717) is 5.92 Å². The highest BCUT2D eigenvalue weighted by molar-refractivity contribution is 5.48. The van der Waals surface area contributed by atoms with Crippen LogP contribution in [0, 0.1) is 6.92 Å². The van der Waals surface area contributed by atoms with Crippen LogP contribution < -0.4 is 0 Å². The fourth-order valence-electron chi connectivity index (χ4n) is 1.94. The lowest BCUT2D eigenvalue weighted by atomic mass is 10.1. The van der Waals surface area contributed by atoms with Crippen molar-refractivity contribution in [1.29, 1.82) is 0 Å². The van der Waals surface area contributed by atoms with Crippen molar-refractivity contribution in [2.24, 2.45) is 0 Å². The van der Waals surface area contributed by atoms with Gasteiger partial charge in [-0.3, -0.25) is 14.6 Å². The van der Waals surface area contributed by atoms with Gasteiger partial charge in [0.25, 0.3) is 0 Å². The first-order chi connectivity index (χ1) is 7.27. The Balaban J connectivity index is 2.11. The van der Waals surface area contributed by atoms with Gasteiger partial charge in [-0.15, -0.1) is 0 Å². The molecule has 2 atom stereocenters. The zero-order valence-corrected chi connectivity index (χ0v) is 8.88. The van der Waals surface area contributed by atoms with Gasteiger partial charge in [-0.25, -0.2) is 5.06 Å². The summed E-state index contributed by atoms with van der Waals surface area (Å²) >= 11 is 0. The third-order valence-electron chi connectivity index (χ3n) is 2.85. The Morgan fingerprint density at radius 3 is 3.07 bits per heavy atom. The Morgan fingerprint density at radius 2 is 2.47 bits per heavy atom. The zero-order valence-electron chi connectivity index (χ0n) is 8.88. The molecule has 1 fully saturated rings. The second-order valence-electron chi connectivity index (χ2n) is 3.74. The first kappa shape index (κ1) is 10.1. The Morgan fingerprint density at radius 1 is 1.67 bits per heavy atom. The summed E-state index contributed by atoms with van der Waals surface area (Å²) in [5, 5.41) is 1.37. The minimum absolute atomic E-state index is 0.176. The first-order valence-electron chi connectivity index (χ1n) is 4.97. The smallest absolute Gasteiger partial charge is 0.233 e. The van der Waals surface area contributed by atoms with Crippen molar-refractivity contribution in [3.63, 3.8) is 0 Å². The maximum atomic E-state index is 10.7. The Kier molecular flexibility index (Phi) is 2.68. The third kappa shape index (κ3) is 1.85. The van der Waals surface area contributed by atoms with E-state index in [2.05, 4.69) is 11.1 Å². The van der Waals surface area contributed by atoms with Crippen molar-refractivity contribution in [2.75, 3.05) is 7.11 Å². The van der Waals surface area contributed by atoms with E-state index in [1.54, 1.807) is 6.20 Å². The molecule has 1 aromatic rings. The molecule has 2 rings (SSSR count). The summed E-state index contributed by atoms with van der Waals surface area (Å²) in [5.74, 6) is 0.379. The number of hydrogen-bond acceptors (Lipinski definition) is 3. The van der Waals surface area contributed by atoms with Crippen LogP contribution in [0.4, 0.5) is 0 Å². The summed E-state index contributed by atoms with van der Waals surface area (Å²) in [6, 6.07) is 4.16. The molecule has 4 heteroatoms. The van der Waals surface area contributed by atoms with Crippen LogP contribution >= 0.6 is 0 Å². The van der Waals surface area contributed by atoms with Crippen LogP contribution in [0.5, 0.6) is 0 Å². The van der Waals surface area contributed by atoms with Crippen molar-refractivity contribution in [2.45, 2.75) is 25.3 Å². The van der Waals surface area contributed by atoms with Crippen molar-refractivity contribution in [1.82, 2.24) is 10.0 Å². The molecule has 4 nitrogen and oxygen atoms in total. The van der Waals surface area contributed by atoms with Crippen molar-refractivity contribution >= 4 is 6.41 Å². The van der Waals surface area contributed by atoms with Crippen LogP contribution in [0.3, 0.4) is 0 Å². The lowest BCUT2D eigenvalue weighted by Crippen LogP contribution is -2.24. The number of aryl methyl sites for hydroxylation is 1. The molecule has 15 heavy (non-hydrogen) atoms. The normalized spacial score (nSPS) is 23.6. The largest absolute Gasteiger partial charge is 0.276 e. The summed E-state index contributed by atoms with van der Waals surface area (Å²) in [5.41, 5.74) is 2.25. The fraction of sp³-hybridized carbons (Fsp3) is 0.455. The van der Waals surface area contributed by atoms with Crippen molar-refractivity contribution < 1.29 is 9.63 Å². The van der Waals surface area contributed by atoms with Crippen LogP contribution in [0.1, 0.15) is 23.6 Å². The van der Waals surface area contributed by atoms with Crippen LogP contribution in [0.2, 0.25) is 0 Å². The number of rotatable bonds is 4. The maximum Gasteiger partial charge on any atom is 0.233 e. The number of hydroxylamine groups is 2. The highest BCUT2D eigenvalue weighted by atomic mass is 16.7. The number of hydrogen-bond donors (Lipinski definition) is 0. The number of carbonyl (C=O) groups is 1. The van der Waals surface area contributed by atoms with E-state index in [1.807, 2.05) is 13.0 Å². The summed E-state index contributed by atoms with van der Waals surface area (Å²) in [6.45, 7) is 1.99. The molecule has 80 valence electrons. The lowest BCUT2D eigenvalue weighted by molar-refractivity contribution is -0.164. The number of aromatic nitrogens is 1. The fourth-order valence-corrected chi connectivity index (χ4v) is 1.94. The molecule has 1 saturated carbocycles. The molecule has 1 aromatic heterocycles. The van der Waals surface area contributed by atoms with Gasteiger partial charge < -0.3 is 0 Å². The Labute approximate surface area is 88.8 Å². The molecule has 0 saturated heterocycles. The van der Waals surface area contributed by atoms with Crippen LogP contribution in [-0.4, -0.2) is 29.6 Å². The molecule has 0 radical (unpaired) electrons. The predicted octanol–water partition coefficient (Wildman–Crippen LogP) is 1.27. The third-order valence-corrected chi connectivity index (χ3v) is 2.85. The van der Waals surface area contributed by atoms with E-state index in [4.69, 9.17) is 4.84 Å². The highest BCUT2D eigenvalue weighted by Gasteiger charge is 2.44. The van der Waals surface area contributed by atoms with Crippen molar-refractivity contribution in [3.8, 4) is 0 Å². The average molecular weight is 206 g/mol. The second kappa shape index (κ2) is 3.98. The van der Waals surface area contributed by atoms with E-state index >= 15 is 0 Å². The molecule has 0 spiro atoms. The minimum Gasteiger partial charge on any atom is -0.276 e. The summed E-state index contributed by atoms with van der Waals surface area (Å²) in [4.78, 5) is 19.9. The van der Waals surface area contributed by atoms with E-state index in [-0.39, 0.29) is 6.04 Å². The van der Waals surface area contributed by atoms with Gasteiger partial charge in [0.05, 0.1) is 13.2 Å². The molecule has 0 N–H and O–H groups in total. The monoisotopic (exact) mass is 206 g/mol. The van der Waals surface area contributed by atoms with Crippen molar-refractivity contribution in [3.05, 3.63) is 29.6 Å². The molecule has 2 unspecified atom stereocenters. The number of carbonyl (C=O) groups excluding carboxylic acids is 1. The topological polar surface area (TPSA) is 42.4 Å². The molecular formula is C11H14N2O2. The van der Waals surface area contributed by atoms with Gasteiger partial charge in [0, 0.05) is 17.8 Å². The van der Waals surface area contributed by atoms with Gasteiger partial charge in [0.15, 0.2) is 0 Å². The quantitative estimate of drug-likeness (QED) is 0.550. The molecule has 1 heterocycles. The molecule has 0 aliphatic heterocycles. The van der Waals surface area contributed by atoms with E-state index in [1.165, 1.54) is 17.7 Å². The van der Waals surface area contributed by atoms with E-state index in [0.717, 1.165) is 18.5 Å². The highest BCUT2D eigenvalue weighted by Crippen LogP contribution is 2.44. The standard InChI is InChI=1S/C11H14N2O2/c1-8-9(4-3-5-12-8)10-6-11(10)13(7-14)15-2/h3-5,7,10-11H,6H2,1-2H3. The van der Waals surface area contributed by atoms with Gasteiger partial charge in [-0.1, -0.05) is 6.07 Å². The summed E-state index contributed by atoms with van der Waals surface area (Å²) < 4.78 is 0. The second-order valence-corrected chi connectivity index (χ2v) is 3.74. The molecule has 1 aliphatic carbocycles. The molecular weight excluding hydrogens is 192 g/mol. The van der Waals surface area contributed by atoms with Gasteiger partial charge in [-0.05, 0) is 25.0 Å². The van der Waals surface area contributed by atoms with Gasteiger partial charge in [0.2, 0.25) is 6.41 Å². The van der Waals surface area contributed by atoms with Crippen LogP contribution in [0.25, 0.3) is 0 Å². The SMILES string of the molecule is CON(C=O)C1CC1c1cccnc1C. The Hall–Kier alpha value is -1.42.